The molecule has 82 valence electrons. The average molecular weight is 217 g/mol. The van der Waals surface area contributed by atoms with Gasteiger partial charge in [0.2, 0.25) is 0 Å². The van der Waals surface area contributed by atoms with E-state index in [0.717, 1.165) is 30.3 Å². The smallest absolute Gasteiger partial charge is 0.153 e. The lowest BCUT2D eigenvalue weighted by Crippen LogP contribution is -1.94. The van der Waals surface area contributed by atoms with Crippen LogP contribution < -0.4 is 5.84 Å². The van der Waals surface area contributed by atoms with Gasteiger partial charge < -0.3 is 10.6 Å². The van der Waals surface area contributed by atoms with Gasteiger partial charge in [-0.05, 0) is 30.0 Å². The zero-order valence-electron chi connectivity index (χ0n) is 8.58. The molecule has 0 aliphatic heterocycles. The highest BCUT2D eigenvalue weighted by Crippen LogP contribution is 2.32. The number of aryl methyl sites for hydroxylation is 1. The van der Waals surface area contributed by atoms with E-state index in [2.05, 4.69) is 20.3 Å². The van der Waals surface area contributed by atoms with Gasteiger partial charge in [-0.15, -0.1) is 5.11 Å². The predicted molar refractivity (Wildman–Crippen MR) is 58.6 cm³/mol. The maximum Gasteiger partial charge on any atom is 0.153 e. The summed E-state index contributed by atoms with van der Waals surface area (Å²) in [6.45, 7) is 0. The Morgan fingerprint density at radius 2 is 2.44 bits per heavy atom. The Balaban J connectivity index is 2.24. The van der Waals surface area contributed by atoms with Gasteiger partial charge in [-0.2, -0.15) is 0 Å². The van der Waals surface area contributed by atoms with Crippen LogP contribution in [-0.4, -0.2) is 17.6 Å². The van der Waals surface area contributed by atoms with Gasteiger partial charge in [0.1, 0.15) is 12.6 Å². The summed E-state index contributed by atoms with van der Waals surface area (Å²) in [5, 5.41) is 6.46. The first kappa shape index (κ1) is 10.4. The van der Waals surface area contributed by atoms with Crippen LogP contribution in [0, 0.1) is 0 Å². The number of carbonyl (C=O) groups excluding carboxylic acids is 1. The summed E-state index contributed by atoms with van der Waals surface area (Å²) in [5.41, 5.74) is 2.14. The molecule has 0 bridgehead atoms. The number of rotatable bonds is 3. The second kappa shape index (κ2) is 4.61. The van der Waals surface area contributed by atoms with Crippen LogP contribution in [0.1, 0.15) is 23.5 Å². The van der Waals surface area contributed by atoms with E-state index in [1.807, 2.05) is 6.07 Å². The molecule has 1 unspecified atom stereocenters. The van der Waals surface area contributed by atoms with Crippen molar-refractivity contribution >= 4 is 18.4 Å². The number of hydrogen-bond acceptors (Lipinski definition) is 4. The van der Waals surface area contributed by atoms with Crippen LogP contribution in [0.5, 0.6) is 0 Å². The third-order valence-corrected chi connectivity index (χ3v) is 2.61. The Morgan fingerprint density at radius 3 is 3.19 bits per heavy atom. The average Bonchev–Trinajstić information content (AvgIpc) is 2.71. The fourth-order valence-corrected chi connectivity index (χ4v) is 1.84. The van der Waals surface area contributed by atoms with Crippen LogP contribution in [0.2, 0.25) is 0 Å². The Bertz CT molecular complexity index is 455. The zero-order chi connectivity index (χ0) is 11.4. The van der Waals surface area contributed by atoms with Gasteiger partial charge in [-0.1, -0.05) is 5.22 Å². The number of hydrogen-bond donors (Lipinski definition) is 1. The van der Waals surface area contributed by atoms with Crippen molar-refractivity contribution < 1.29 is 4.79 Å². The molecule has 16 heavy (non-hydrogen) atoms. The highest BCUT2D eigenvalue weighted by Gasteiger charge is 2.22. The molecule has 6 nitrogen and oxygen atoms in total. The summed E-state index contributed by atoms with van der Waals surface area (Å²) in [4.78, 5) is 18.8. The quantitative estimate of drug-likeness (QED) is 0.206. The first-order valence-corrected chi connectivity index (χ1v) is 4.92. The van der Waals surface area contributed by atoms with Crippen LogP contribution in [-0.2, 0) is 11.2 Å². The molecule has 0 amide bonds. The molecule has 0 aromatic carbocycles. The highest BCUT2D eigenvalue weighted by molar-refractivity contribution is 5.66. The van der Waals surface area contributed by atoms with Crippen LogP contribution in [0.3, 0.4) is 0 Å². The van der Waals surface area contributed by atoms with Crippen molar-refractivity contribution in [3.63, 3.8) is 0 Å². The summed E-state index contributed by atoms with van der Waals surface area (Å²) in [7, 11) is 0. The topological polar surface area (TPSA) is 93.1 Å². The fraction of sp³-hybridized carbons (Fsp3) is 0.300. The van der Waals surface area contributed by atoms with Gasteiger partial charge in [-0.3, -0.25) is 0 Å². The van der Waals surface area contributed by atoms with Crippen LogP contribution in [0.15, 0.2) is 27.6 Å². The van der Waals surface area contributed by atoms with Crippen molar-refractivity contribution in [1.29, 1.82) is 0 Å². The second-order valence-corrected chi connectivity index (χ2v) is 3.50. The lowest BCUT2D eigenvalue weighted by molar-refractivity contribution is -0.109. The molecule has 0 radical (unpaired) electrons. The number of carbonyl (C=O) groups is 1. The number of aromatic nitrogens is 1. The second-order valence-electron chi connectivity index (χ2n) is 3.50. The van der Waals surface area contributed by atoms with E-state index in [1.54, 1.807) is 6.20 Å². The van der Waals surface area contributed by atoms with Crippen molar-refractivity contribution in [3.05, 3.63) is 23.4 Å². The van der Waals surface area contributed by atoms with E-state index in [1.165, 1.54) is 6.34 Å². The van der Waals surface area contributed by atoms with E-state index in [-0.39, 0.29) is 5.92 Å². The predicted octanol–water partition coefficient (Wildman–Crippen LogP) is 1.30. The van der Waals surface area contributed by atoms with E-state index in [9.17, 15) is 4.79 Å². The Morgan fingerprint density at radius 1 is 1.56 bits per heavy atom. The molecule has 1 atom stereocenters. The number of nitrogens with two attached hydrogens (primary N) is 1. The van der Waals surface area contributed by atoms with Crippen LogP contribution in [0.4, 0.5) is 5.82 Å². The van der Waals surface area contributed by atoms with Gasteiger partial charge in [0.05, 0.1) is 0 Å². The molecule has 1 aliphatic rings. The van der Waals surface area contributed by atoms with Gasteiger partial charge in [-0.25, -0.2) is 9.98 Å². The fourth-order valence-electron chi connectivity index (χ4n) is 1.84. The molecule has 0 spiro atoms. The normalized spacial score (nSPS) is 19.4. The SMILES string of the molecule is NN=NC=Nc1cc2c(cn1)C(C=O)CC2. The van der Waals surface area contributed by atoms with E-state index < -0.39 is 0 Å². The monoisotopic (exact) mass is 217 g/mol. The van der Waals surface area contributed by atoms with E-state index in [0.29, 0.717) is 5.82 Å². The first-order valence-electron chi connectivity index (χ1n) is 4.92. The summed E-state index contributed by atoms with van der Waals surface area (Å²) in [6.07, 6.45) is 5.66. The molecule has 1 aliphatic carbocycles. The summed E-state index contributed by atoms with van der Waals surface area (Å²) in [5.74, 6) is 5.37. The van der Waals surface area contributed by atoms with Gasteiger partial charge >= 0.3 is 0 Å². The van der Waals surface area contributed by atoms with Crippen molar-refractivity contribution in [2.24, 2.45) is 21.2 Å². The number of fused-ring (bicyclic) bond motifs is 1. The van der Waals surface area contributed by atoms with Gasteiger partial charge in [0, 0.05) is 12.1 Å². The molecule has 0 saturated carbocycles. The molecule has 0 fully saturated rings. The first-order chi connectivity index (χ1) is 7.85. The molecule has 1 aromatic heterocycles. The van der Waals surface area contributed by atoms with Crippen LogP contribution in [0.25, 0.3) is 0 Å². The lowest BCUT2D eigenvalue weighted by Gasteiger charge is -2.02. The minimum atomic E-state index is -0.00995. The molecule has 0 saturated heterocycles. The Labute approximate surface area is 92.3 Å². The molecular weight excluding hydrogens is 206 g/mol. The largest absolute Gasteiger partial charge is 0.305 e. The minimum Gasteiger partial charge on any atom is -0.305 e. The number of pyridine rings is 1. The minimum absolute atomic E-state index is 0.00995. The van der Waals surface area contributed by atoms with Crippen LogP contribution >= 0.6 is 0 Å². The van der Waals surface area contributed by atoms with Crippen molar-refractivity contribution in [3.8, 4) is 0 Å². The summed E-state index contributed by atoms with van der Waals surface area (Å²) in [6, 6.07) is 1.86. The van der Waals surface area contributed by atoms with Gasteiger partial charge in [0.15, 0.2) is 5.82 Å². The molecule has 1 aromatic rings. The number of nitrogens with zero attached hydrogens (tertiary/aromatic N) is 4. The molecule has 2 N–H and O–H groups in total. The number of aliphatic imine (C=N–C) groups is 1. The van der Waals surface area contributed by atoms with Crippen molar-refractivity contribution in [2.45, 2.75) is 18.8 Å². The van der Waals surface area contributed by atoms with E-state index >= 15 is 0 Å². The molecule has 6 heteroatoms. The maximum atomic E-state index is 10.8. The molecule has 2 rings (SSSR count). The van der Waals surface area contributed by atoms with Crippen molar-refractivity contribution in [2.75, 3.05) is 0 Å². The highest BCUT2D eigenvalue weighted by atomic mass is 16.1. The molecular formula is C10H11N5O. The Kier molecular flexibility index (Phi) is 3.00. The standard InChI is InChI=1S/C10H11N5O/c11-15-14-6-13-10-3-7-1-2-8(5-16)9(7)4-12-10/h3-6,8H,1-2H2,(H2,11,12,13,14). The van der Waals surface area contributed by atoms with E-state index in [4.69, 9.17) is 5.84 Å². The lowest BCUT2D eigenvalue weighted by atomic mass is 10.1. The third kappa shape index (κ3) is 1.95. The Hall–Kier alpha value is -2.11. The maximum absolute atomic E-state index is 10.8. The van der Waals surface area contributed by atoms with Gasteiger partial charge in [0.25, 0.3) is 0 Å². The zero-order valence-corrected chi connectivity index (χ0v) is 8.58. The third-order valence-electron chi connectivity index (χ3n) is 2.61. The molecule has 1 heterocycles. The summed E-state index contributed by atoms with van der Waals surface area (Å²) >= 11 is 0. The number of aldehydes is 1. The summed E-state index contributed by atoms with van der Waals surface area (Å²) < 4.78 is 0. The van der Waals surface area contributed by atoms with Crippen molar-refractivity contribution in [1.82, 2.24) is 4.98 Å².